The molecule has 0 radical (unpaired) electrons. The van der Waals surface area contributed by atoms with Crippen LogP contribution in [0.25, 0.3) is 5.76 Å². The minimum atomic E-state index is -0.680. The Morgan fingerprint density at radius 1 is 1.06 bits per heavy atom. The lowest BCUT2D eigenvalue weighted by Gasteiger charge is -2.26. The summed E-state index contributed by atoms with van der Waals surface area (Å²) in [5, 5.41) is 11.6. The number of amides is 1. The van der Waals surface area contributed by atoms with Gasteiger partial charge >= 0.3 is 0 Å². The zero-order valence-corrected chi connectivity index (χ0v) is 19.4. The average molecular weight is 457 g/mol. The molecule has 1 aliphatic heterocycles. The van der Waals surface area contributed by atoms with E-state index in [4.69, 9.17) is 16.3 Å². The number of ether oxygens (including phenoxy) is 1. The van der Waals surface area contributed by atoms with Crippen molar-refractivity contribution in [2.45, 2.75) is 26.3 Å². The van der Waals surface area contributed by atoms with Crippen LogP contribution >= 0.6 is 11.6 Å². The lowest BCUT2D eigenvalue weighted by Crippen LogP contribution is -2.33. The van der Waals surface area contributed by atoms with Crippen LogP contribution in [0.4, 0.5) is 0 Å². The molecule has 1 fully saturated rings. The van der Waals surface area contributed by atoms with Gasteiger partial charge in [-0.05, 0) is 68.0 Å². The molecule has 0 aromatic heterocycles. The van der Waals surface area contributed by atoms with Crippen LogP contribution in [0.15, 0.2) is 54.1 Å². The molecule has 6 nitrogen and oxygen atoms in total. The van der Waals surface area contributed by atoms with Crippen molar-refractivity contribution < 1.29 is 19.4 Å². The van der Waals surface area contributed by atoms with E-state index < -0.39 is 17.7 Å². The highest BCUT2D eigenvalue weighted by Gasteiger charge is 2.45. The lowest BCUT2D eigenvalue weighted by atomic mass is 9.95. The van der Waals surface area contributed by atoms with Gasteiger partial charge in [0.05, 0.1) is 18.7 Å². The predicted octanol–water partition coefficient (Wildman–Crippen LogP) is 4.50. The van der Waals surface area contributed by atoms with E-state index in [1.54, 1.807) is 60.5 Å². The molecule has 1 amide bonds. The fraction of sp³-hybridized carbons (Fsp3) is 0.360. The zero-order chi connectivity index (χ0) is 23.3. The summed E-state index contributed by atoms with van der Waals surface area (Å²) in [6.07, 6.45) is 0.724. The van der Waals surface area contributed by atoms with Crippen molar-refractivity contribution in [3.63, 3.8) is 0 Å². The van der Waals surface area contributed by atoms with Gasteiger partial charge in [0.25, 0.3) is 11.7 Å². The number of halogens is 1. The third kappa shape index (κ3) is 4.97. The smallest absolute Gasteiger partial charge is 0.295 e. The molecular formula is C25H29ClN2O4. The lowest BCUT2D eigenvalue weighted by molar-refractivity contribution is -0.140. The van der Waals surface area contributed by atoms with Gasteiger partial charge in [0.15, 0.2) is 0 Å². The summed E-state index contributed by atoms with van der Waals surface area (Å²) >= 11 is 6.06. The third-order valence-corrected chi connectivity index (χ3v) is 6.11. The van der Waals surface area contributed by atoms with Crippen LogP contribution in [0.1, 0.15) is 37.4 Å². The van der Waals surface area contributed by atoms with Crippen molar-refractivity contribution in [3.05, 3.63) is 70.3 Å². The molecule has 1 atom stereocenters. The first-order valence-electron chi connectivity index (χ1n) is 10.8. The Labute approximate surface area is 194 Å². The van der Waals surface area contributed by atoms with Crippen molar-refractivity contribution in [1.82, 2.24) is 9.80 Å². The highest BCUT2D eigenvalue weighted by molar-refractivity contribution is 6.46. The van der Waals surface area contributed by atoms with Gasteiger partial charge in [0.1, 0.15) is 11.5 Å². The number of rotatable bonds is 9. The van der Waals surface area contributed by atoms with E-state index >= 15 is 0 Å². The maximum absolute atomic E-state index is 13.0. The predicted molar refractivity (Wildman–Crippen MR) is 126 cm³/mol. The van der Waals surface area contributed by atoms with Crippen LogP contribution in [0.5, 0.6) is 5.75 Å². The Morgan fingerprint density at radius 2 is 1.69 bits per heavy atom. The summed E-state index contributed by atoms with van der Waals surface area (Å²) in [6, 6.07) is 13.1. The third-order valence-electron chi connectivity index (χ3n) is 5.86. The Kier molecular flexibility index (Phi) is 7.94. The van der Waals surface area contributed by atoms with E-state index in [0.717, 1.165) is 31.6 Å². The molecule has 1 saturated heterocycles. The number of aliphatic hydroxyl groups excluding tert-OH is 1. The van der Waals surface area contributed by atoms with E-state index in [-0.39, 0.29) is 11.3 Å². The van der Waals surface area contributed by atoms with Crippen molar-refractivity contribution in [2.24, 2.45) is 0 Å². The monoisotopic (exact) mass is 456 g/mol. The number of methoxy groups -OCH3 is 1. The SMILES string of the molecule is CCN(CC)CCCN1C(=O)C(=O)/C(=C(/O)c2ccc(OC)cc2)[C@@H]1c1ccc(Cl)cc1. The zero-order valence-electron chi connectivity index (χ0n) is 18.7. The molecule has 170 valence electrons. The van der Waals surface area contributed by atoms with Crippen molar-refractivity contribution in [2.75, 3.05) is 33.3 Å². The van der Waals surface area contributed by atoms with Gasteiger partial charge in [0, 0.05) is 17.1 Å². The number of aliphatic hydroxyl groups is 1. The first kappa shape index (κ1) is 23.8. The molecule has 1 N–H and O–H groups in total. The molecule has 7 heteroatoms. The van der Waals surface area contributed by atoms with E-state index in [9.17, 15) is 14.7 Å². The van der Waals surface area contributed by atoms with E-state index in [2.05, 4.69) is 18.7 Å². The maximum Gasteiger partial charge on any atom is 0.295 e. The second-order valence-electron chi connectivity index (χ2n) is 7.65. The molecule has 2 aromatic carbocycles. The van der Waals surface area contributed by atoms with Crippen molar-refractivity contribution >= 4 is 29.1 Å². The van der Waals surface area contributed by atoms with E-state index in [1.807, 2.05) is 0 Å². The van der Waals surface area contributed by atoms with Gasteiger partial charge in [-0.2, -0.15) is 0 Å². The van der Waals surface area contributed by atoms with Crippen molar-refractivity contribution in [3.8, 4) is 5.75 Å². The van der Waals surface area contributed by atoms with Crippen LogP contribution in [0, 0.1) is 0 Å². The maximum atomic E-state index is 13.0. The molecule has 0 saturated carbocycles. The molecule has 0 unspecified atom stereocenters. The fourth-order valence-corrected chi connectivity index (χ4v) is 4.14. The minimum Gasteiger partial charge on any atom is -0.507 e. The molecule has 3 rings (SSSR count). The van der Waals surface area contributed by atoms with Gasteiger partial charge in [-0.15, -0.1) is 0 Å². The van der Waals surface area contributed by atoms with Gasteiger partial charge in [0.2, 0.25) is 0 Å². The molecule has 0 bridgehead atoms. The van der Waals surface area contributed by atoms with Crippen LogP contribution < -0.4 is 4.74 Å². The van der Waals surface area contributed by atoms with Crippen LogP contribution in [-0.4, -0.2) is 59.9 Å². The number of carbonyl (C=O) groups is 2. The summed E-state index contributed by atoms with van der Waals surface area (Å²) in [5.41, 5.74) is 1.27. The number of hydrogen-bond acceptors (Lipinski definition) is 5. The number of Topliss-reactive ketones (excluding diaryl/α,β-unsaturated/α-hetero) is 1. The largest absolute Gasteiger partial charge is 0.507 e. The molecule has 1 aliphatic rings. The standard InChI is InChI=1S/C25H29ClN2O4/c1-4-27(5-2)15-6-16-28-22(17-7-11-19(26)12-8-17)21(24(30)25(28)31)23(29)18-9-13-20(32-3)14-10-18/h7-14,22,29H,4-6,15-16H2,1-3H3/b23-21+/t22-/m0/s1. The van der Waals surface area contributed by atoms with E-state index in [1.165, 1.54) is 0 Å². The molecular weight excluding hydrogens is 428 g/mol. The summed E-state index contributed by atoms with van der Waals surface area (Å²) in [6.45, 7) is 7.27. The highest BCUT2D eigenvalue weighted by atomic mass is 35.5. The number of likely N-dealkylation sites (tertiary alicyclic amines) is 1. The molecule has 2 aromatic rings. The van der Waals surface area contributed by atoms with Crippen molar-refractivity contribution in [1.29, 1.82) is 0 Å². The minimum absolute atomic E-state index is 0.0883. The van der Waals surface area contributed by atoms with Crippen LogP contribution in [0.2, 0.25) is 5.02 Å². The van der Waals surface area contributed by atoms with Crippen LogP contribution in [0.3, 0.4) is 0 Å². The first-order chi connectivity index (χ1) is 15.4. The molecule has 1 heterocycles. The molecule has 32 heavy (non-hydrogen) atoms. The summed E-state index contributed by atoms with van der Waals surface area (Å²) in [5.74, 6) is -0.842. The van der Waals surface area contributed by atoms with Gasteiger partial charge in [-0.1, -0.05) is 37.6 Å². The van der Waals surface area contributed by atoms with E-state index in [0.29, 0.717) is 22.9 Å². The Morgan fingerprint density at radius 3 is 2.25 bits per heavy atom. The topological polar surface area (TPSA) is 70.1 Å². The number of nitrogens with zero attached hydrogens (tertiary/aromatic N) is 2. The Bertz CT molecular complexity index is 982. The number of carbonyl (C=O) groups excluding carboxylic acids is 2. The Balaban J connectivity index is 2.01. The average Bonchev–Trinajstić information content (AvgIpc) is 3.07. The molecule has 0 aliphatic carbocycles. The number of ketones is 1. The van der Waals surface area contributed by atoms with Gasteiger partial charge < -0.3 is 19.6 Å². The normalized spacial score (nSPS) is 17.9. The number of hydrogen-bond donors (Lipinski definition) is 1. The summed E-state index contributed by atoms with van der Waals surface area (Å²) < 4.78 is 5.17. The van der Waals surface area contributed by atoms with Crippen LogP contribution in [-0.2, 0) is 9.59 Å². The second-order valence-corrected chi connectivity index (χ2v) is 8.09. The quantitative estimate of drug-likeness (QED) is 0.341. The summed E-state index contributed by atoms with van der Waals surface area (Å²) in [4.78, 5) is 29.9. The fourth-order valence-electron chi connectivity index (χ4n) is 4.01. The second kappa shape index (κ2) is 10.7. The molecule has 0 spiro atoms. The summed E-state index contributed by atoms with van der Waals surface area (Å²) in [7, 11) is 1.55. The Hall–Kier alpha value is -2.83. The first-order valence-corrected chi connectivity index (χ1v) is 11.2. The van der Waals surface area contributed by atoms with Gasteiger partial charge in [-0.3, -0.25) is 9.59 Å². The van der Waals surface area contributed by atoms with Gasteiger partial charge in [-0.25, -0.2) is 0 Å². The highest BCUT2D eigenvalue weighted by Crippen LogP contribution is 2.39. The number of benzene rings is 2.